The highest BCUT2D eigenvalue weighted by molar-refractivity contribution is 5.88. The number of aromatic nitrogens is 2. The third-order valence-electron chi connectivity index (χ3n) is 8.88. The number of anilines is 1. The molecule has 1 amide bonds. The van der Waals surface area contributed by atoms with Gasteiger partial charge in [-0.3, -0.25) is 9.69 Å². The third kappa shape index (κ3) is 4.43. The van der Waals surface area contributed by atoms with Crippen molar-refractivity contribution in [3.8, 4) is 16.9 Å². The molecule has 1 unspecified atom stereocenters. The SMILES string of the molecule is Cc1cc(-c2cc(OC(C)[C@H]3CNC(=O)C3)c3c(c2)ncn3C2CC2)ccc1N1CCN(C2COC2)CC1. The van der Waals surface area contributed by atoms with Crippen molar-refractivity contribution in [1.82, 2.24) is 19.8 Å². The van der Waals surface area contributed by atoms with E-state index in [-0.39, 0.29) is 17.9 Å². The number of rotatable bonds is 7. The largest absolute Gasteiger partial charge is 0.488 e. The summed E-state index contributed by atoms with van der Waals surface area (Å²) in [5.74, 6) is 1.16. The van der Waals surface area contributed by atoms with Gasteiger partial charge in [0.05, 0.1) is 31.1 Å². The Hall–Kier alpha value is -3.10. The fourth-order valence-corrected chi connectivity index (χ4v) is 6.23. The van der Waals surface area contributed by atoms with Crippen LogP contribution < -0.4 is 15.0 Å². The number of fused-ring (bicyclic) bond motifs is 1. The lowest BCUT2D eigenvalue weighted by molar-refractivity contribution is -0.119. The molecule has 200 valence electrons. The number of ether oxygens (including phenoxy) is 2. The summed E-state index contributed by atoms with van der Waals surface area (Å²) >= 11 is 0. The fourth-order valence-electron chi connectivity index (χ4n) is 6.23. The van der Waals surface area contributed by atoms with Gasteiger partial charge in [0.15, 0.2) is 0 Å². The summed E-state index contributed by atoms with van der Waals surface area (Å²) in [5, 5.41) is 2.95. The third-order valence-corrected chi connectivity index (χ3v) is 8.88. The van der Waals surface area contributed by atoms with E-state index in [9.17, 15) is 4.79 Å². The molecule has 1 saturated carbocycles. The van der Waals surface area contributed by atoms with Crippen molar-refractivity contribution in [2.75, 3.05) is 50.8 Å². The number of benzene rings is 2. The number of aryl methyl sites for hydroxylation is 1. The van der Waals surface area contributed by atoms with Gasteiger partial charge in [0.1, 0.15) is 17.4 Å². The zero-order valence-electron chi connectivity index (χ0n) is 22.4. The molecule has 2 aromatic carbocycles. The van der Waals surface area contributed by atoms with Crippen molar-refractivity contribution in [3.63, 3.8) is 0 Å². The van der Waals surface area contributed by atoms with Crippen molar-refractivity contribution >= 4 is 22.6 Å². The molecule has 3 aliphatic heterocycles. The highest BCUT2D eigenvalue weighted by Crippen LogP contribution is 2.42. The molecule has 0 spiro atoms. The lowest BCUT2D eigenvalue weighted by Crippen LogP contribution is -2.56. The molecule has 0 radical (unpaired) electrons. The summed E-state index contributed by atoms with van der Waals surface area (Å²) in [4.78, 5) is 21.7. The second-order valence-electron chi connectivity index (χ2n) is 11.5. The molecule has 3 saturated heterocycles. The Morgan fingerprint density at radius 1 is 1.05 bits per heavy atom. The number of imidazole rings is 1. The number of carbonyl (C=O) groups excluding carboxylic acids is 1. The molecule has 2 atom stereocenters. The summed E-state index contributed by atoms with van der Waals surface area (Å²) in [6.45, 7) is 11.0. The molecular weight excluding hydrogens is 478 g/mol. The van der Waals surface area contributed by atoms with E-state index in [1.807, 2.05) is 6.33 Å². The number of hydrogen-bond acceptors (Lipinski definition) is 6. The van der Waals surface area contributed by atoms with Crippen LogP contribution in [0, 0.1) is 12.8 Å². The normalized spacial score (nSPS) is 23.5. The first-order valence-corrected chi connectivity index (χ1v) is 14.1. The first kappa shape index (κ1) is 24.0. The fraction of sp³-hybridized carbons (Fsp3) is 0.533. The van der Waals surface area contributed by atoms with Crippen LogP contribution in [0.5, 0.6) is 5.75 Å². The molecule has 4 heterocycles. The Kier molecular flexibility index (Phi) is 6.04. The zero-order valence-corrected chi connectivity index (χ0v) is 22.4. The summed E-state index contributed by atoms with van der Waals surface area (Å²) in [6.07, 6.45) is 4.80. The highest BCUT2D eigenvalue weighted by atomic mass is 16.5. The quantitative estimate of drug-likeness (QED) is 0.517. The lowest BCUT2D eigenvalue weighted by atomic mass is 10.00. The number of carbonyl (C=O) groups is 1. The minimum Gasteiger partial charge on any atom is -0.488 e. The van der Waals surface area contributed by atoms with E-state index in [0.717, 1.165) is 61.7 Å². The van der Waals surface area contributed by atoms with Crippen LogP contribution in [-0.2, 0) is 9.53 Å². The number of amides is 1. The molecule has 0 bridgehead atoms. The molecule has 1 N–H and O–H groups in total. The van der Waals surface area contributed by atoms with Gasteiger partial charge in [-0.25, -0.2) is 4.98 Å². The van der Waals surface area contributed by atoms with Crippen molar-refractivity contribution in [1.29, 1.82) is 0 Å². The Morgan fingerprint density at radius 3 is 2.53 bits per heavy atom. The van der Waals surface area contributed by atoms with E-state index in [0.29, 0.717) is 25.0 Å². The van der Waals surface area contributed by atoms with Gasteiger partial charge in [-0.1, -0.05) is 6.07 Å². The molecule has 3 aromatic rings. The van der Waals surface area contributed by atoms with E-state index < -0.39 is 0 Å². The van der Waals surface area contributed by atoms with E-state index in [1.54, 1.807) is 0 Å². The highest BCUT2D eigenvalue weighted by Gasteiger charge is 2.31. The molecule has 1 aliphatic carbocycles. The Labute approximate surface area is 223 Å². The van der Waals surface area contributed by atoms with Crippen molar-refractivity contribution in [2.45, 2.75) is 51.3 Å². The standard InChI is InChI=1S/C30H37N5O3/c1-19-11-21(3-6-27(19)34-9-7-33(8-10-34)25-16-37-17-25)22-12-26-30(35(18-32-26)24-4-5-24)28(13-22)38-20(2)23-14-29(36)31-15-23/h3,6,11-13,18,20,23-25H,4-5,7-10,14-17H2,1-2H3,(H,31,36)/t20?,23-/m1/s1. The van der Waals surface area contributed by atoms with Crippen LogP contribution in [-0.4, -0.2) is 78.4 Å². The van der Waals surface area contributed by atoms with Crippen LogP contribution in [0.4, 0.5) is 5.69 Å². The number of hydrogen-bond donors (Lipinski definition) is 1. The van der Waals surface area contributed by atoms with Crippen LogP contribution in [0.2, 0.25) is 0 Å². The summed E-state index contributed by atoms with van der Waals surface area (Å²) in [6, 6.07) is 12.3. The zero-order chi connectivity index (χ0) is 25.8. The monoisotopic (exact) mass is 515 g/mol. The smallest absolute Gasteiger partial charge is 0.220 e. The molecular formula is C30H37N5O3. The minimum absolute atomic E-state index is 0.0655. The second kappa shape index (κ2) is 9.58. The van der Waals surface area contributed by atoms with Crippen molar-refractivity contribution in [3.05, 3.63) is 42.2 Å². The molecule has 8 nitrogen and oxygen atoms in total. The first-order valence-electron chi connectivity index (χ1n) is 14.1. The summed E-state index contributed by atoms with van der Waals surface area (Å²) in [7, 11) is 0. The van der Waals surface area contributed by atoms with Crippen LogP contribution in [0.25, 0.3) is 22.2 Å². The maximum Gasteiger partial charge on any atom is 0.220 e. The van der Waals surface area contributed by atoms with Gasteiger partial charge in [0, 0.05) is 56.8 Å². The van der Waals surface area contributed by atoms with Gasteiger partial charge in [-0.2, -0.15) is 0 Å². The Balaban J connectivity index is 1.16. The predicted molar refractivity (Wildman–Crippen MR) is 148 cm³/mol. The summed E-state index contributed by atoms with van der Waals surface area (Å²) < 4.78 is 14.3. The Bertz CT molecular complexity index is 1350. The number of nitrogens with one attached hydrogen (secondary N) is 1. The van der Waals surface area contributed by atoms with Crippen molar-refractivity contribution in [2.24, 2.45) is 5.92 Å². The second-order valence-corrected chi connectivity index (χ2v) is 11.5. The average Bonchev–Trinajstić information content (AvgIpc) is 3.48. The Morgan fingerprint density at radius 2 is 1.87 bits per heavy atom. The molecule has 7 rings (SSSR count). The molecule has 38 heavy (non-hydrogen) atoms. The average molecular weight is 516 g/mol. The molecule has 4 fully saturated rings. The predicted octanol–water partition coefficient (Wildman–Crippen LogP) is 3.77. The lowest BCUT2D eigenvalue weighted by Gasteiger charge is -2.43. The minimum atomic E-state index is -0.0655. The van der Waals surface area contributed by atoms with E-state index in [1.165, 1.54) is 29.7 Å². The molecule has 1 aromatic heterocycles. The number of nitrogens with zero attached hydrogens (tertiary/aromatic N) is 4. The van der Waals surface area contributed by atoms with Crippen molar-refractivity contribution < 1.29 is 14.3 Å². The van der Waals surface area contributed by atoms with Gasteiger partial charge < -0.3 is 24.3 Å². The van der Waals surface area contributed by atoms with Gasteiger partial charge >= 0.3 is 0 Å². The maximum atomic E-state index is 11.8. The topological polar surface area (TPSA) is 71.9 Å². The molecule has 4 aliphatic rings. The maximum absolute atomic E-state index is 11.8. The van der Waals surface area contributed by atoms with Gasteiger partial charge in [-0.05, 0) is 67.6 Å². The van der Waals surface area contributed by atoms with E-state index in [2.05, 4.69) is 63.9 Å². The molecule has 8 heteroatoms. The van der Waals surface area contributed by atoms with Gasteiger partial charge in [0.25, 0.3) is 0 Å². The van der Waals surface area contributed by atoms with E-state index in [4.69, 9.17) is 14.5 Å². The van der Waals surface area contributed by atoms with Crippen LogP contribution in [0.1, 0.15) is 37.8 Å². The first-order chi connectivity index (χ1) is 18.5. The number of piperazine rings is 1. The van der Waals surface area contributed by atoms with Crippen LogP contribution >= 0.6 is 0 Å². The van der Waals surface area contributed by atoms with Gasteiger partial charge in [-0.15, -0.1) is 0 Å². The van der Waals surface area contributed by atoms with Crippen LogP contribution in [0.3, 0.4) is 0 Å². The van der Waals surface area contributed by atoms with E-state index >= 15 is 0 Å². The summed E-state index contributed by atoms with van der Waals surface area (Å²) in [5.41, 5.74) is 6.94. The van der Waals surface area contributed by atoms with Crippen LogP contribution in [0.15, 0.2) is 36.7 Å². The van der Waals surface area contributed by atoms with Gasteiger partial charge in [0.2, 0.25) is 5.91 Å².